The van der Waals surface area contributed by atoms with Crippen LogP contribution >= 0.6 is 0 Å². The number of amides is 2. The van der Waals surface area contributed by atoms with Gasteiger partial charge in [0.2, 0.25) is 5.91 Å². The van der Waals surface area contributed by atoms with Crippen LogP contribution in [0, 0.1) is 0 Å². The van der Waals surface area contributed by atoms with E-state index in [0.717, 1.165) is 16.2 Å². The molecule has 1 saturated heterocycles. The van der Waals surface area contributed by atoms with E-state index in [9.17, 15) is 14.4 Å². The number of hydroxylamine groups is 2. The molecule has 1 aliphatic heterocycles. The van der Waals surface area contributed by atoms with Crippen LogP contribution in [0.15, 0.2) is 60.7 Å². The Hall–Kier alpha value is -3.19. The molecule has 2 aromatic carbocycles. The molecular formula is C21H22N2O5. The van der Waals surface area contributed by atoms with Gasteiger partial charge >= 0.3 is 5.97 Å². The van der Waals surface area contributed by atoms with Crippen LogP contribution in [0.25, 0.3) is 0 Å². The van der Waals surface area contributed by atoms with Crippen LogP contribution in [-0.4, -0.2) is 47.4 Å². The number of carbonyl (C=O) groups is 3. The Labute approximate surface area is 163 Å². The number of methoxy groups -OCH3 is 1. The van der Waals surface area contributed by atoms with E-state index < -0.39 is 24.1 Å². The lowest BCUT2D eigenvalue weighted by Gasteiger charge is -2.42. The number of piperazine rings is 1. The first-order chi connectivity index (χ1) is 13.5. The van der Waals surface area contributed by atoms with Crippen molar-refractivity contribution in [2.75, 3.05) is 13.7 Å². The van der Waals surface area contributed by atoms with Gasteiger partial charge in [-0.15, -0.1) is 0 Å². The molecule has 7 nitrogen and oxygen atoms in total. The van der Waals surface area contributed by atoms with Gasteiger partial charge in [0.15, 0.2) is 6.23 Å². The fourth-order valence-electron chi connectivity index (χ4n) is 3.32. The van der Waals surface area contributed by atoms with Gasteiger partial charge in [-0.2, -0.15) is 5.06 Å². The number of ether oxygens (including phenoxy) is 1. The molecule has 2 aromatic rings. The van der Waals surface area contributed by atoms with Gasteiger partial charge in [0.25, 0.3) is 5.91 Å². The van der Waals surface area contributed by atoms with Crippen molar-refractivity contribution in [1.29, 1.82) is 0 Å². The molecule has 1 fully saturated rings. The maximum atomic E-state index is 13.1. The van der Waals surface area contributed by atoms with Crippen molar-refractivity contribution in [2.45, 2.75) is 25.6 Å². The molecule has 0 radical (unpaired) electrons. The number of hydrogen-bond acceptors (Lipinski definition) is 5. The van der Waals surface area contributed by atoms with E-state index in [2.05, 4.69) is 0 Å². The van der Waals surface area contributed by atoms with Gasteiger partial charge in [-0.3, -0.25) is 19.3 Å². The average Bonchev–Trinajstić information content (AvgIpc) is 2.69. The smallest absolute Gasteiger partial charge is 0.329 e. The Morgan fingerprint density at radius 2 is 1.68 bits per heavy atom. The molecule has 0 bridgehead atoms. The van der Waals surface area contributed by atoms with E-state index in [4.69, 9.17) is 9.57 Å². The normalized spacial score (nSPS) is 18.1. The molecule has 0 N–H and O–H groups in total. The fourth-order valence-corrected chi connectivity index (χ4v) is 3.32. The minimum atomic E-state index is -0.867. The van der Waals surface area contributed by atoms with Gasteiger partial charge < -0.3 is 9.57 Å². The molecule has 146 valence electrons. The zero-order valence-corrected chi connectivity index (χ0v) is 15.8. The minimum Gasteiger partial charge on any atom is -0.357 e. The summed E-state index contributed by atoms with van der Waals surface area (Å²) in [6, 6.07) is 17.7. The second-order valence-electron chi connectivity index (χ2n) is 6.46. The Morgan fingerprint density at radius 1 is 1.07 bits per heavy atom. The van der Waals surface area contributed by atoms with Gasteiger partial charge in [-0.25, -0.2) is 0 Å². The minimum absolute atomic E-state index is 0.274. The van der Waals surface area contributed by atoms with Crippen molar-refractivity contribution < 1.29 is 24.0 Å². The third-order valence-corrected chi connectivity index (χ3v) is 4.50. The van der Waals surface area contributed by atoms with Gasteiger partial charge in [-0.1, -0.05) is 60.7 Å². The Morgan fingerprint density at radius 3 is 2.25 bits per heavy atom. The average molecular weight is 382 g/mol. The van der Waals surface area contributed by atoms with E-state index in [1.807, 2.05) is 60.7 Å². The lowest BCUT2D eigenvalue weighted by molar-refractivity contribution is -0.214. The lowest BCUT2D eigenvalue weighted by atomic mass is 10.00. The Balaban J connectivity index is 1.98. The quantitative estimate of drug-likeness (QED) is 0.765. The summed E-state index contributed by atoms with van der Waals surface area (Å²) in [6.07, 6.45) is -0.457. The van der Waals surface area contributed by atoms with Gasteiger partial charge in [-0.05, 0) is 5.56 Å². The summed E-state index contributed by atoms with van der Waals surface area (Å²) in [6.45, 7) is 0.842. The number of carbonyl (C=O) groups excluding carboxylic acids is 3. The van der Waals surface area contributed by atoms with E-state index in [-0.39, 0.29) is 18.9 Å². The molecule has 0 saturated carbocycles. The zero-order valence-electron chi connectivity index (χ0n) is 15.8. The van der Waals surface area contributed by atoms with Crippen LogP contribution in [0.3, 0.4) is 0 Å². The van der Waals surface area contributed by atoms with Gasteiger partial charge in [0, 0.05) is 26.0 Å². The standard InChI is InChI=1S/C21H22N2O5/c1-15(24)28-22-14-19(25)23(21(27-2)17-11-7-4-8-12-17)18(20(22)26)13-16-9-5-3-6-10-16/h3-12,18,21H,13-14H2,1-2H3. The van der Waals surface area contributed by atoms with Crippen LogP contribution in [0.4, 0.5) is 0 Å². The molecule has 0 aromatic heterocycles. The van der Waals surface area contributed by atoms with Crippen LogP contribution in [-0.2, 0) is 30.4 Å². The summed E-state index contributed by atoms with van der Waals surface area (Å²) in [5, 5.41) is 0.840. The second-order valence-corrected chi connectivity index (χ2v) is 6.46. The SMILES string of the molecule is COC(c1ccccc1)N1C(=O)CN(OC(C)=O)C(=O)C1Cc1ccccc1. The van der Waals surface area contributed by atoms with Gasteiger partial charge in [0.05, 0.1) is 0 Å². The first-order valence-electron chi connectivity index (χ1n) is 8.94. The molecule has 1 heterocycles. The van der Waals surface area contributed by atoms with Crippen LogP contribution < -0.4 is 0 Å². The monoisotopic (exact) mass is 382 g/mol. The van der Waals surface area contributed by atoms with Crippen LogP contribution in [0.1, 0.15) is 24.3 Å². The maximum absolute atomic E-state index is 13.1. The molecule has 0 aliphatic carbocycles. The van der Waals surface area contributed by atoms with Crippen molar-refractivity contribution in [2.24, 2.45) is 0 Å². The molecule has 2 unspecified atom stereocenters. The fraction of sp³-hybridized carbons (Fsp3) is 0.286. The summed E-state index contributed by atoms with van der Waals surface area (Å²) in [4.78, 5) is 43.8. The second kappa shape index (κ2) is 8.67. The highest BCUT2D eigenvalue weighted by Gasteiger charge is 2.44. The van der Waals surface area contributed by atoms with Crippen molar-refractivity contribution in [3.05, 3.63) is 71.8 Å². The summed E-state index contributed by atoms with van der Waals surface area (Å²) in [5.74, 6) is -1.48. The maximum Gasteiger partial charge on any atom is 0.329 e. The third-order valence-electron chi connectivity index (χ3n) is 4.50. The topological polar surface area (TPSA) is 76.2 Å². The summed E-state index contributed by atoms with van der Waals surface area (Å²) < 4.78 is 5.61. The van der Waals surface area contributed by atoms with E-state index >= 15 is 0 Å². The highest BCUT2D eigenvalue weighted by Crippen LogP contribution is 2.29. The van der Waals surface area contributed by atoms with Crippen molar-refractivity contribution >= 4 is 17.8 Å². The number of rotatable bonds is 6. The molecule has 2 amide bonds. The Bertz CT molecular complexity index is 840. The molecule has 28 heavy (non-hydrogen) atoms. The third kappa shape index (κ3) is 4.20. The largest absolute Gasteiger partial charge is 0.357 e. The first kappa shape index (κ1) is 19.6. The predicted octanol–water partition coefficient (Wildman–Crippen LogP) is 2.09. The Kier molecular flexibility index (Phi) is 6.06. The molecule has 7 heteroatoms. The molecule has 0 spiro atoms. The molecule has 3 rings (SSSR count). The first-order valence-corrected chi connectivity index (χ1v) is 8.94. The van der Waals surface area contributed by atoms with Crippen LogP contribution in [0.2, 0.25) is 0 Å². The van der Waals surface area contributed by atoms with Crippen molar-refractivity contribution in [3.8, 4) is 0 Å². The summed E-state index contributed by atoms with van der Waals surface area (Å²) >= 11 is 0. The molecular weight excluding hydrogens is 360 g/mol. The summed E-state index contributed by atoms with van der Waals surface area (Å²) in [7, 11) is 1.49. The van der Waals surface area contributed by atoms with Crippen LogP contribution in [0.5, 0.6) is 0 Å². The van der Waals surface area contributed by atoms with Crippen molar-refractivity contribution in [1.82, 2.24) is 9.96 Å². The molecule has 2 atom stereocenters. The highest BCUT2D eigenvalue weighted by atomic mass is 16.7. The van der Waals surface area contributed by atoms with E-state index in [1.54, 1.807) is 0 Å². The highest BCUT2D eigenvalue weighted by molar-refractivity contribution is 5.95. The predicted molar refractivity (Wildman–Crippen MR) is 100 cm³/mol. The van der Waals surface area contributed by atoms with E-state index in [1.165, 1.54) is 18.9 Å². The number of benzene rings is 2. The molecule has 1 aliphatic rings. The van der Waals surface area contributed by atoms with Gasteiger partial charge in [0.1, 0.15) is 12.6 Å². The summed E-state index contributed by atoms with van der Waals surface area (Å²) in [5.41, 5.74) is 1.64. The zero-order chi connectivity index (χ0) is 20.1. The number of nitrogens with zero attached hydrogens (tertiary/aromatic N) is 2. The van der Waals surface area contributed by atoms with E-state index in [0.29, 0.717) is 0 Å². The number of hydrogen-bond donors (Lipinski definition) is 0. The van der Waals surface area contributed by atoms with Crippen molar-refractivity contribution in [3.63, 3.8) is 0 Å². The lowest BCUT2D eigenvalue weighted by Crippen LogP contribution is -2.61.